The third kappa shape index (κ3) is 1.96. The first kappa shape index (κ1) is 13.9. The third-order valence-corrected chi connectivity index (χ3v) is 5.62. The molecule has 0 bridgehead atoms. The number of para-hydroxylation sites is 2. The molecule has 1 aliphatic carbocycles. The van der Waals surface area contributed by atoms with Crippen LogP contribution in [0.3, 0.4) is 0 Å². The minimum atomic E-state index is 0.502. The molecule has 0 saturated heterocycles. The van der Waals surface area contributed by atoms with Crippen molar-refractivity contribution < 1.29 is 0 Å². The van der Waals surface area contributed by atoms with Crippen LogP contribution in [-0.2, 0) is 14.1 Å². The van der Waals surface area contributed by atoms with Gasteiger partial charge in [-0.05, 0) is 42.0 Å². The fourth-order valence-electron chi connectivity index (χ4n) is 4.35. The van der Waals surface area contributed by atoms with Crippen molar-refractivity contribution in [3.63, 3.8) is 0 Å². The molecule has 0 atom stereocenters. The number of fused-ring (bicyclic) bond motifs is 2. The van der Waals surface area contributed by atoms with Crippen LogP contribution >= 0.6 is 0 Å². The second-order valence-electron chi connectivity index (χ2n) is 7.24. The first-order valence-electron chi connectivity index (χ1n) is 8.82. The van der Waals surface area contributed by atoms with Crippen molar-refractivity contribution in [1.29, 1.82) is 0 Å². The smallest absolute Gasteiger partial charge is 0.0480 e. The van der Waals surface area contributed by atoms with Crippen molar-refractivity contribution >= 4 is 21.8 Å². The van der Waals surface area contributed by atoms with Crippen LogP contribution in [0.25, 0.3) is 21.8 Å². The Balaban J connectivity index is 1.78. The van der Waals surface area contributed by atoms with Crippen LogP contribution in [0.4, 0.5) is 0 Å². The Morgan fingerprint density at radius 2 is 1.21 bits per heavy atom. The van der Waals surface area contributed by atoms with Gasteiger partial charge in [0.05, 0.1) is 0 Å². The fraction of sp³-hybridized carbons (Fsp3) is 0.273. The molecule has 2 aromatic heterocycles. The maximum Gasteiger partial charge on any atom is 0.0480 e. The van der Waals surface area contributed by atoms with Crippen molar-refractivity contribution in [2.75, 3.05) is 0 Å². The average molecular weight is 314 g/mol. The summed E-state index contributed by atoms with van der Waals surface area (Å²) in [7, 11) is 4.33. The highest BCUT2D eigenvalue weighted by Crippen LogP contribution is 2.50. The van der Waals surface area contributed by atoms with E-state index in [2.05, 4.69) is 84.2 Å². The van der Waals surface area contributed by atoms with E-state index in [9.17, 15) is 0 Å². The lowest BCUT2D eigenvalue weighted by atomic mass is 9.87. The van der Waals surface area contributed by atoms with Crippen molar-refractivity contribution in [1.82, 2.24) is 9.13 Å². The predicted molar refractivity (Wildman–Crippen MR) is 100 cm³/mol. The summed E-state index contributed by atoms with van der Waals surface area (Å²) in [6.07, 6.45) is 7.40. The average Bonchev–Trinajstić information content (AvgIpc) is 3.32. The summed E-state index contributed by atoms with van der Waals surface area (Å²) in [5.74, 6) is 1.28. The first-order chi connectivity index (χ1) is 11.7. The summed E-state index contributed by atoms with van der Waals surface area (Å²) in [5.41, 5.74) is 5.65. The lowest BCUT2D eigenvalue weighted by molar-refractivity contribution is 0.707. The number of hydrogen-bond donors (Lipinski definition) is 0. The SMILES string of the molecule is Cn1cc(C(c2cn(C)c3ccccc23)C2CC2)c2ccccc21. The van der Waals surface area contributed by atoms with Gasteiger partial charge in [0.15, 0.2) is 0 Å². The fourth-order valence-corrected chi connectivity index (χ4v) is 4.35. The van der Waals surface area contributed by atoms with Crippen molar-refractivity contribution in [3.8, 4) is 0 Å². The highest BCUT2D eigenvalue weighted by molar-refractivity contribution is 5.89. The number of benzene rings is 2. The maximum absolute atomic E-state index is 2.36. The Kier molecular flexibility index (Phi) is 2.90. The van der Waals surface area contributed by atoms with Crippen molar-refractivity contribution in [2.24, 2.45) is 20.0 Å². The van der Waals surface area contributed by atoms with E-state index < -0.39 is 0 Å². The zero-order valence-corrected chi connectivity index (χ0v) is 14.2. The summed E-state index contributed by atoms with van der Waals surface area (Å²) >= 11 is 0. The van der Waals surface area contributed by atoms with Gasteiger partial charge in [0, 0.05) is 54.2 Å². The van der Waals surface area contributed by atoms with Crippen molar-refractivity contribution in [3.05, 3.63) is 72.1 Å². The topological polar surface area (TPSA) is 9.86 Å². The summed E-state index contributed by atoms with van der Waals surface area (Å²) < 4.78 is 4.57. The van der Waals surface area contributed by atoms with Gasteiger partial charge in [-0.3, -0.25) is 0 Å². The molecular formula is C22H22N2. The number of aromatic nitrogens is 2. The zero-order chi connectivity index (χ0) is 16.3. The number of aryl methyl sites for hydroxylation is 2. The van der Waals surface area contributed by atoms with Gasteiger partial charge in [-0.25, -0.2) is 0 Å². The maximum atomic E-state index is 2.36. The summed E-state index contributed by atoms with van der Waals surface area (Å²) in [5, 5.41) is 2.81. The van der Waals surface area contributed by atoms with Gasteiger partial charge < -0.3 is 9.13 Å². The molecule has 0 N–H and O–H groups in total. The van der Waals surface area contributed by atoms with E-state index in [0.29, 0.717) is 5.92 Å². The lowest BCUT2D eigenvalue weighted by Gasteiger charge is -2.15. The summed E-state index contributed by atoms with van der Waals surface area (Å²) in [6, 6.07) is 17.6. The van der Waals surface area contributed by atoms with Crippen LogP contribution in [0.1, 0.15) is 29.9 Å². The molecule has 0 unspecified atom stereocenters. The highest BCUT2D eigenvalue weighted by Gasteiger charge is 2.36. The Morgan fingerprint density at radius 1 is 0.750 bits per heavy atom. The van der Waals surface area contributed by atoms with E-state index in [1.54, 1.807) is 0 Å². The van der Waals surface area contributed by atoms with Gasteiger partial charge in [-0.2, -0.15) is 0 Å². The van der Waals surface area contributed by atoms with Gasteiger partial charge in [0.1, 0.15) is 0 Å². The molecule has 0 aliphatic heterocycles. The van der Waals surface area contributed by atoms with E-state index in [4.69, 9.17) is 0 Å². The second-order valence-corrected chi connectivity index (χ2v) is 7.24. The summed E-state index contributed by atoms with van der Waals surface area (Å²) in [4.78, 5) is 0. The predicted octanol–water partition coefficient (Wildman–Crippen LogP) is 5.21. The molecule has 120 valence electrons. The molecule has 5 rings (SSSR count). The van der Waals surface area contributed by atoms with Gasteiger partial charge in [-0.15, -0.1) is 0 Å². The standard InChI is InChI=1S/C22H22N2/c1-23-13-18(16-7-3-5-9-20(16)23)22(15-11-12-15)19-14-24(2)21-10-6-4-8-17(19)21/h3-10,13-15,22H,11-12H2,1-2H3. The van der Waals surface area contributed by atoms with Crippen LogP contribution in [0.15, 0.2) is 60.9 Å². The number of rotatable bonds is 3. The molecule has 2 heterocycles. The molecule has 2 nitrogen and oxygen atoms in total. The monoisotopic (exact) mass is 314 g/mol. The molecular weight excluding hydrogens is 292 g/mol. The Labute approximate surface area is 142 Å². The third-order valence-electron chi connectivity index (χ3n) is 5.62. The van der Waals surface area contributed by atoms with Crippen LogP contribution in [0, 0.1) is 5.92 Å². The van der Waals surface area contributed by atoms with E-state index >= 15 is 0 Å². The van der Waals surface area contributed by atoms with Crippen LogP contribution in [0.5, 0.6) is 0 Å². The number of nitrogens with zero attached hydrogens (tertiary/aromatic N) is 2. The van der Waals surface area contributed by atoms with Crippen LogP contribution in [-0.4, -0.2) is 9.13 Å². The highest BCUT2D eigenvalue weighted by atomic mass is 14.9. The first-order valence-corrected chi connectivity index (χ1v) is 8.82. The van der Waals surface area contributed by atoms with Gasteiger partial charge in [0.25, 0.3) is 0 Å². The Hall–Kier alpha value is -2.48. The van der Waals surface area contributed by atoms with E-state index in [-0.39, 0.29) is 0 Å². The minimum Gasteiger partial charge on any atom is -0.350 e. The Bertz CT molecular complexity index is 966. The molecule has 0 spiro atoms. The summed E-state index contributed by atoms with van der Waals surface area (Å²) in [6.45, 7) is 0. The van der Waals surface area contributed by atoms with Crippen LogP contribution < -0.4 is 0 Å². The molecule has 2 heteroatoms. The molecule has 0 radical (unpaired) electrons. The molecule has 1 fully saturated rings. The van der Waals surface area contributed by atoms with E-state index in [0.717, 1.165) is 5.92 Å². The molecule has 2 aromatic carbocycles. The molecule has 24 heavy (non-hydrogen) atoms. The van der Waals surface area contributed by atoms with E-state index in [1.165, 1.54) is 45.8 Å². The number of hydrogen-bond acceptors (Lipinski definition) is 0. The second kappa shape index (κ2) is 5.01. The largest absolute Gasteiger partial charge is 0.350 e. The molecule has 1 saturated carbocycles. The Morgan fingerprint density at radius 3 is 1.67 bits per heavy atom. The van der Waals surface area contributed by atoms with Gasteiger partial charge >= 0.3 is 0 Å². The van der Waals surface area contributed by atoms with Gasteiger partial charge in [-0.1, -0.05) is 36.4 Å². The van der Waals surface area contributed by atoms with Gasteiger partial charge in [0.2, 0.25) is 0 Å². The lowest BCUT2D eigenvalue weighted by Crippen LogP contribution is -2.02. The minimum absolute atomic E-state index is 0.502. The van der Waals surface area contributed by atoms with Crippen molar-refractivity contribution in [2.45, 2.75) is 18.8 Å². The zero-order valence-electron chi connectivity index (χ0n) is 14.2. The molecule has 0 amide bonds. The van der Waals surface area contributed by atoms with E-state index in [1.807, 2.05) is 0 Å². The van der Waals surface area contributed by atoms with Crippen LogP contribution in [0.2, 0.25) is 0 Å². The molecule has 1 aliphatic rings. The quantitative estimate of drug-likeness (QED) is 0.491. The molecule has 4 aromatic rings. The normalized spacial score (nSPS) is 15.0.